The van der Waals surface area contributed by atoms with Crippen molar-refractivity contribution in [3.63, 3.8) is 0 Å². The van der Waals surface area contributed by atoms with Crippen LogP contribution in [0.4, 0.5) is 0 Å². The summed E-state index contributed by atoms with van der Waals surface area (Å²) >= 11 is 0. The van der Waals surface area contributed by atoms with Gasteiger partial charge in [-0.1, -0.05) is 13.3 Å². The van der Waals surface area contributed by atoms with Gasteiger partial charge in [0.05, 0.1) is 0 Å². The van der Waals surface area contributed by atoms with Gasteiger partial charge in [0.25, 0.3) is 0 Å². The van der Waals surface area contributed by atoms with E-state index in [9.17, 15) is 4.79 Å². The molecule has 1 saturated carbocycles. The van der Waals surface area contributed by atoms with E-state index in [0.29, 0.717) is 18.4 Å². The van der Waals surface area contributed by atoms with Crippen LogP contribution < -0.4 is 5.73 Å². The van der Waals surface area contributed by atoms with E-state index < -0.39 is 0 Å². The topological polar surface area (TPSA) is 49.6 Å². The first kappa shape index (κ1) is 13.8. The number of carbonyl (C=O) groups is 1. The Hall–Kier alpha value is -0.610. The van der Waals surface area contributed by atoms with Crippen molar-refractivity contribution in [1.82, 2.24) is 9.80 Å². The number of nitrogens with zero attached hydrogens (tertiary/aromatic N) is 2. The first-order chi connectivity index (χ1) is 8.76. The van der Waals surface area contributed by atoms with Crippen LogP contribution in [0.5, 0.6) is 0 Å². The molecule has 2 unspecified atom stereocenters. The Labute approximate surface area is 110 Å². The Morgan fingerprint density at radius 2 is 1.94 bits per heavy atom. The number of rotatable bonds is 4. The molecule has 0 aromatic heterocycles. The molecule has 2 atom stereocenters. The third kappa shape index (κ3) is 3.04. The molecule has 2 fully saturated rings. The Kier molecular flexibility index (Phi) is 5.01. The molecule has 0 spiro atoms. The molecule has 1 aliphatic heterocycles. The predicted octanol–water partition coefficient (Wildman–Crippen LogP) is 0.916. The second kappa shape index (κ2) is 6.53. The SMILES string of the molecule is CCCN1CCN(C(=O)C2CCCC2CN)CC1. The van der Waals surface area contributed by atoms with Gasteiger partial charge in [0.1, 0.15) is 0 Å². The second-order valence-electron chi connectivity index (χ2n) is 5.70. The van der Waals surface area contributed by atoms with E-state index in [-0.39, 0.29) is 5.92 Å². The second-order valence-corrected chi connectivity index (χ2v) is 5.70. The summed E-state index contributed by atoms with van der Waals surface area (Å²) in [4.78, 5) is 17.0. The van der Waals surface area contributed by atoms with Gasteiger partial charge in [-0.05, 0) is 38.3 Å². The minimum atomic E-state index is 0.215. The molecule has 18 heavy (non-hydrogen) atoms. The van der Waals surface area contributed by atoms with Gasteiger partial charge < -0.3 is 10.6 Å². The zero-order chi connectivity index (χ0) is 13.0. The molecule has 1 amide bonds. The summed E-state index contributed by atoms with van der Waals surface area (Å²) < 4.78 is 0. The van der Waals surface area contributed by atoms with Gasteiger partial charge in [-0.15, -0.1) is 0 Å². The quantitative estimate of drug-likeness (QED) is 0.810. The number of carbonyl (C=O) groups excluding carboxylic acids is 1. The molecule has 104 valence electrons. The summed E-state index contributed by atoms with van der Waals surface area (Å²) in [6.45, 7) is 7.95. The fraction of sp³-hybridized carbons (Fsp3) is 0.929. The van der Waals surface area contributed by atoms with Crippen LogP contribution in [0.3, 0.4) is 0 Å². The van der Waals surface area contributed by atoms with Gasteiger partial charge in [-0.2, -0.15) is 0 Å². The van der Waals surface area contributed by atoms with E-state index in [2.05, 4.69) is 16.7 Å². The summed E-state index contributed by atoms with van der Waals surface area (Å²) in [5.74, 6) is 1.03. The van der Waals surface area contributed by atoms with E-state index in [1.54, 1.807) is 0 Å². The van der Waals surface area contributed by atoms with Crippen molar-refractivity contribution in [1.29, 1.82) is 0 Å². The van der Waals surface area contributed by atoms with E-state index >= 15 is 0 Å². The summed E-state index contributed by atoms with van der Waals surface area (Å²) in [6.07, 6.45) is 4.57. The van der Waals surface area contributed by atoms with E-state index in [0.717, 1.165) is 45.6 Å². The number of hydrogen-bond acceptors (Lipinski definition) is 3. The smallest absolute Gasteiger partial charge is 0.226 e. The molecule has 0 bridgehead atoms. The molecule has 0 aromatic rings. The molecule has 1 heterocycles. The number of nitrogens with two attached hydrogens (primary N) is 1. The van der Waals surface area contributed by atoms with Crippen LogP contribution in [0.1, 0.15) is 32.6 Å². The molecule has 2 aliphatic rings. The van der Waals surface area contributed by atoms with Crippen molar-refractivity contribution in [2.45, 2.75) is 32.6 Å². The highest BCUT2D eigenvalue weighted by Gasteiger charge is 2.35. The Morgan fingerprint density at radius 3 is 2.56 bits per heavy atom. The van der Waals surface area contributed by atoms with Crippen LogP contribution in [0.25, 0.3) is 0 Å². The van der Waals surface area contributed by atoms with Crippen molar-refractivity contribution in [3.8, 4) is 0 Å². The van der Waals surface area contributed by atoms with Crippen molar-refractivity contribution in [2.24, 2.45) is 17.6 Å². The molecule has 0 aromatic carbocycles. The van der Waals surface area contributed by atoms with E-state index in [1.807, 2.05) is 0 Å². The molecule has 0 radical (unpaired) electrons. The lowest BCUT2D eigenvalue weighted by atomic mass is 9.94. The van der Waals surface area contributed by atoms with Gasteiger partial charge in [0.2, 0.25) is 5.91 Å². The summed E-state index contributed by atoms with van der Waals surface area (Å²) in [5, 5.41) is 0. The van der Waals surface area contributed by atoms with Gasteiger partial charge in [0, 0.05) is 32.1 Å². The normalized spacial score (nSPS) is 29.8. The highest BCUT2D eigenvalue weighted by atomic mass is 16.2. The van der Waals surface area contributed by atoms with Crippen LogP contribution in [-0.4, -0.2) is 55.0 Å². The van der Waals surface area contributed by atoms with Crippen LogP contribution in [0.2, 0.25) is 0 Å². The Balaban J connectivity index is 1.83. The van der Waals surface area contributed by atoms with Crippen molar-refractivity contribution >= 4 is 5.91 Å². The average Bonchev–Trinajstić information content (AvgIpc) is 2.87. The first-order valence-electron chi connectivity index (χ1n) is 7.47. The van der Waals surface area contributed by atoms with Crippen molar-refractivity contribution in [2.75, 3.05) is 39.3 Å². The number of amides is 1. The standard InChI is InChI=1S/C14H27N3O/c1-2-6-16-7-9-17(10-8-16)14(18)13-5-3-4-12(13)11-15/h12-13H,2-11,15H2,1H3. The molecule has 1 aliphatic carbocycles. The largest absolute Gasteiger partial charge is 0.340 e. The van der Waals surface area contributed by atoms with Crippen LogP contribution in [0, 0.1) is 11.8 Å². The molecule has 2 rings (SSSR count). The fourth-order valence-corrected chi connectivity index (χ4v) is 3.39. The molecule has 2 N–H and O–H groups in total. The molecular formula is C14H27N3O. The molecule has 1 saturated heterocycles. The Bertz CT molecular complexity index is 274. The maximum atomic E-state index is 12.5. The van der Waals surface area contributed by atoms with Gasteiger partial charge in [-0.3, -0.25) is 9.69 Å². The maximum Gasteiger partial charge on any atom is 0.226 e. The molecular weight excluding hydrogens is 226 g/mol. The van der Waals surface area contributed by atoms with Crippen LogP contribution in [0.15, 0.2) is 0 Å². The third-order valence-corrected chi connectivity index (χ3v) is 4.50. The molecule has 4 heteroatoms. The van der Waals surface area contributed by atoms with E-state index in [1.165, 1.54) is 12.8 Å². The zero-order valence-corrected chi connectivity index (χ0v) is 11.6. The summed E-state index contributed by atoms with van der Waals surface area (Å²) in [7, 11) is 0. The van der Waals surface area contributed by atoms with Gasteiger partial charge in [0.15, 0.2) is 0 Å². The lowest BCUT2D eigenvalue weighted by Gasteiger charge is -2.36. The Morgan fingerprint density at radius 1 is 1.22 bits per heavy atom. The number of hydrogen-bond donors (Lipinski definition) is 1. The van der Waals surface area contributed by atoms with Crippen molar-refractivity contribution in [3.05, 3.63) is 0 Å². The maximum absolute atomic E-state index is 12.5. The lowest BCUT2D eigenvalue weighted by molar-refractivity contribution is -0.138. The van der Waals surface area contributed by atoms with Crippen molar-refractivity contribution < 1.29 is 4.79 Å². The minimum Gasteiger partial charge on any atom is -0.340 e. The molecule has 4 nitrogen and oxygen atoms in total. The van der Waals surface area contributed by atoms with Crippen LogP contribution >= 0.6 is 0 Å². The highest BCUT2D eigenvalue weighted by molar-refractivity contribution is 5.79. The monoisotopic (exact) mass is 253 g/mol. The average molecular weight is 253 g/mol. The first-order valence-corrected chi connectivity index (χ1v) is 7.47. The summed E-state index contributed by atoms with van der Waals surface area (Å²) in [5.41, 5.74) is 5.77. The fourth-order valence-electron chi connectivity index (χ4n) is 3.39. The van der Waals surface area contributed by atoms with Gasteiger partial charge >= 0.3 is 0 Å². The highest BCUT2D eigenvalue weighted by Crippen LogP contribution is 2.32. The van der Waals surface area contributed by atoms with Crippen LogP contribution in [-0.2, 0) is 4.79 Å². The number of piperazine rings is 1. The minimum absolute atomic E-state index is 0.215. The summed E-state index contributed by atoms with van der Waals surface area (Å²) in [6, 6.07) is 0. The third-order valence-electron chi connectivity index (χ3n) is 4.50. The predicted molar refractivity (Wildman–Crippen MR) is 73.2 cm³/mol. The van der Waals surface area contributed by atoms with E-state index in [4.69, 9.17) is 5.73 Å². The zero-order valence-electron chi connectivity index (χ0n) is 11.6. The lowest BCUT2D eigenvalue weighted by Crippen LogP contribution is -2.51. The van der Waals surface area contributed by atoms with Gasteiger partial charge in [-0.25, -0.2) is 0 Å².